The number of primary amides is 1. The minimum atomic E-state index is -0.478. The molecule has 0 radical (unpaired) electrons. The first-order valence-corrected chi connectivity index (χ1v) is 3.89. The Hall–Kier alpha value is -1.97. The first-order chi connectivity index (χ1) is 6.29. The third-order valence-electron chi connectivity index (χ3n) is 1.84. The molecule has 0 saturated carbocycles. The second-order valence-electron chi connectivity index (χ2n) is 2.66. The molecule has 0 aromatic heterocycles. The Morgan fingerprint density at radius 3 is 2.77 bits per heavy atom. The van der Waals surface area contributed by atoms with E-state index in [1.54, 1.807) is 12.4 Å². The van der Waals surface area contributed by atoms with E-state index in [1.807, 2.05) is 35.4 Å². The smallest absolute Gasteiger partial charge is 0.324 e. The van der Waals surface area contributed by atoms with Crippen molar-refractivity contribution in [3.63, 3.8) is 0 Å². The third kappa shape index (κ3) is 1.22. The van der Waals surface area contributed by atoms with Crippen LogP contribution in [0.1, 0.15) is 0 Å². The molecule has 2 amide bonds. The molecule has 0 aliphatic carbocycles. The third-order valence-corrected chi connectivity index (χ3v) is 1.84. The first kappa shape index (κ1) is 7.67. The van der Waals surface area contributed by atoms with Crippen LogP contribution in [0.4, 0.5) is 4.79 Å². The van der Waals surface area contributed by atoms with Crippen LogP contribution < -0.4 is 5.73 Å². The Morgan fingerprint density at radius 1 is 1.15 bits per heavy atom. The molecular formula is C9H9N3O. The van der Waals surface area contributed by atoms with E-state index >= 15 is 0 Å². The summed E-state index contributed by atoms with van der Waals surface area (Å²) >= 11 is 0. The summed E-state index contributed by atoms with van der Waals surface area (Å²) in [6, 6.07) is -0.478. The van der Waals surface area contributed by atoms with Crippen molar-refractivity contribution in [3.05, 3.63) is 48.7 Å². The van der Waals surface area contributed by atoms with Gasteiger partial charge in [0.05, 0.1) is 0 Å². The zero-order valence-electron chi connectivity index (χ0n) is 6.92. The number of carbonyl (C=O) groups excluding carboxylic acids is 1. The lowest BCUT2D eigenvalue weighted by molar-refractivity contribution is 0.230. The summed E-state index contributed by atoms with van der Waals surface area (Å²) in [5.41, 5.74) is 5.18. The summed E-state index contributed by atoms with van der Waals surface area (Å²) in [5, 5.41) is 0. The molecule has 2 aliphatic rings. The topological polar surface area (TPSA) is 49.6 Å². The van der Waals surface area contributed by atoms with E-state index in [4.69, 9.17) is 5.73 Å². The molecule has 0 fully saturated rings. The number of amides is 2. The fourth-order valence-corrected chi connectivity index (χ4v) is 1.24. The number of urea groups is 1. The molecular weight excluding hydrogens is 166 g/mol. The van der Waals surface area contributed by atoms with Gasteiger partial charge in [0.1, 0.15) is 5.82 Å². The van der Waals surface area contributed by atoms with Crippen LogP contribution in [-0.2, 0) is 0 Å². The van der Waals surface area contributed by atoms with E-state index in [0.717, 1.165) is 5.82 Å². The molecule has 0 spiro atoms. The molecule has 66 valence electrons. The minimum Gasteiger partial charge on any atom is -0.351 e. The van der Waals surface area contributed by atoms with Gasteiger partial charge in [0.15, 0.2) is 0 Å². The SMILES string of the molecule is NC(=O)N1C=CN2C=CC=CC=C21. The van der Waals surface area contributed by atoms with E-state index in [2.05, 4.69) is 0 Å². The van der Waals surface area contributed by atoms with Gasteiger partial charge >= 0.3 is 6.03 Å². The predicted octanol–water partition coefficient (Wildman–Crippen LogP) is 1.08. The monoisotopic (exact) mass is 175 g/mol. The van der Waals surface area contributed by atoms with Crippen LogP contribution in [0.25, 0.3) is 0 Å². The summed E-state index contributed by atoms with van der Waals surface area (Å²) in [6.45, 7) is 0. The fourth-order valence-electron chi connectivity index (χ4n) is 1.24. The maximum Gasteiger partial charge on any atom is 0.324 e. The Morgan fingerprint density at radius 2 is 2.00 bits per heavy atom. The number of nitrogens with zero attached hydrogens (tertiary/aromatic N) is 2. The zero-order chi connectivity index (χ0) is 9.26. The quantitative estimate of drug-likeness (QED) is 0.598. The van der Waals surface area contributed by atoms with Crippen molar-refractivity contribution < 1.29 is 4.79 Å². The molecule has 2 heterocycles. The number of fused-ring (bicyclic) bond motifs is 1. The van der Waals surface area contributed by atoms with Crippen LogP contribution in [0.3, 0.4) is 0 Å². The molecule has 13 heavy (non-hydrogen) atoms. The van der Waals surface area contributed by atoms with Crippen LogP contribution in [0.2, 0.25) is 0 Å². The second-order valence-corrected chi connectivity index (χ2v) is 2.66. The summed E-state index contributed by atoms with van der Waals surface area (Å²) in [5.74, 6) is 0.748. The van der Waals surface area contributed by atoms with E-state index in [1.165, 1.54) is 4.90 Å². The lowest BCUT2D eigenvalue weighted by Gasteiger charge is -2.17. The van der Waals surface area contributed by atoms with E-state index in [-0.39, 0.29) is 0 Å². The second kappa shape index (κ2) is 2.82. The maximum absolute atomic E-state index is 10.9. The molecule has 4 heteroatoms. The number of hydrogen-bond donors (Lipinski definition) is 1. The molecule has 2 aliphatic heterocycles. The van der Waals surface area contributed by atoms with Gasteiger partial charge in [0.25, 0.3) is 0 Å². The van der Waals surface area contributed by atoms with Gasteiger partial charge < -0.3 is 10.6 Å². The van der Waals surface area contributed by atoms with Crippen molar-refractivity contribution in [2.24, 2.45) is 5.73 Å². The molecule has 0 aromatic carbocycles. The van der Waals surface area contributed by atoms with Crippen molar-refractivity contribution >= 4 is 6.03 Å². The number of nitrogens with two attached hydrogens (primary N) is 1. The summed E-state index contributed by atoms with van der Waals surface area (Å²) in [6.07, 6.45) is 12.7. The van der Waals surface area contributed by atoms with E-state index in [0.29, 0.717) is 0 Å². The maximum atomic E-state index is 10.9. The van der Waals surface area contributed by atoms with E-state index in [9.17, 15) is 4.79 Å². The van der Waals surface area contributed by atoms with Gasteiger partial charge in [-0.2, -0.15) is 0 Å². The van der Waals surface area contributed by atoms with Gasteiger partial charge in [-0.1, -0.05) is 12.2 Å². The van der Waals surface area contributed by atoms with Crippen molar-refractivity contribution in [2.75, 3.05) is 0 Å². The lowest BCUT2D eigenvalue weighted by Crippen LogP contribution is -2.31. The van der Waals surface area contributed by atoms with Gasteiger partial charge in [0.2, 0.25) is 0 Å². The highest BCUT2D eigenvalue weighted by Crippen LogP contribution is 2.21. The molecule has 2 rings (SSSR count). The van der Waals surface area contributed by atoms with Gasteiger partial charge in [0, 0.05) is 18.6 Å². The largest absolute Gasteiger partial charge is 0.351 e. The Labute approximate surface area is 75.9 Å². The molecule has 0 atom stereocenters. The number of carbonyl (C=O) groups is 1. The number of hydrogen-bond acceptors (Lipinski definition) is 2. The molecule has 0 bridgehead atoms. The lowest BCUT2D eigenvalue weighted by atomic mass is 10.4. The van der Waals surface area contributed by atoms with Gasteiger partial charge in [-0.25, -0.2) is 4.79 Å². The van der Waals surface area contributed by atoms with Crippen LogP contribution in [0.15, 0.2) is 48.7 Å². The number of allylic oxidation sites excluding steroid dienone is 4. The highest BCUT2D eigenvalue weighted by molar-refractivity contribution is 5.76. The van der Waals surface area contributed by atoms with E-state index < -0.39 is 6.03 Å². The van der Waals surface area contributed by atoms with Crippen LogP contribution in [0.5, 0.6) is 0 Å². The Balaban J connectivity index is 2.35. The normalized spacial score (nSPS) is 18.6. The Bertz CT molecular complexity index is 352. The Kier molecular flexibility index (Phi) is 1.66. The zero-order valence-corrected chi connectivity index (χ0v) is 6.92. The molecule has 0 saturated heterocycles. The average molecular weight is 175 g/mol. The van der Waals surface area contributed by atoms with Gasteiger partial charge in [-0.05, 0) is 12.2 Å². The summed E-state index contributed by atoms with van der Waals surface area (Å²) < 4.78 is 0. The van der Waals surface area contributed by atoms with Crippen molar-refractivity contribution in [2.45, 2.75) is 0 Å². The average Bonchev–Trinajstić information content (AvgIpc) is 2.36. The van der Waals surface area contributed by atoms with Crippen molar-refractivity contribution in [1.82, 2.24) is 9.80 Å². The van der Waals surface area contributed by atoms with Crippen LogP contribution in [0, 0.1) is 0 Å². The molecule has 0 aromatic rings. The number of rotatable bonds is 0. The van der Waals surface area contributed by atoms with Crippen LogP contribution in [-0.4, -0.2) is 15.8 Å². The minimum absolute atomic E-state index is 0.478. The van der Waals surface area contributed by atoms with Gasteiger partial charge in [-0.15, -0.1) is 0 Å². The highest BCUT2D eigenvalue weighted by atomic mass is 16.2. The first-order valence-electron chi connectivity index (χ1n) is 3.89. The van der Waals surface area contributed by atoms with Crippen molar-refractivity contribution in [3.8, 4) is 0 Å². The van der Waals surface area contributed by atoms with Crippen molar-refractivity contribution in [1.29, 1.82) is 0 Å². The highest BCUT2D eigenvalue weighted by Gasteiger charge is 2.21. The fraction of sp³-hybridized carbons (Fsp3) is 0. The summed E-state index contributed by atoms with van der Waals surface area (Å²) in [7, 11) is 0. The molecule has 4 nitrogen and oxygen atoms in total. The van der Waals surface area contributed by atoms with Crippen LogP contribution >= 0.6 is 0 Å². The van der Waals surface area contributed by atoms with Gasteiger partial charge in [-0.3, -0.25) is 4.90 Å². The summed E-state index contributed by atoms with van der Waals surface area (Å²) in [4.78, 5) is 14.2. The molecule has 0 unspecified atom stereocenters. The predicted molar refractivity (Wildman–Crippen MR) is 48.8 cm³/mol. The molecule has 2 N–H and O–H groups in total. The standard InChI is InChI=1S/C9H9N3O/c10-9(13)12-7-6-11-5-3-1-2-4-8(11)12/h1-7H,(H2,10,13).